The van der Waals surface area contributed by atoms with E-state index >= 15 is 0 Å². The first-order valence-corrected chi connectivity index (χ1v) is 21.7. The second kappa shape index (κ2) is 17.9. The van der Waals surface area contributed by atoms with Crippen molar-refractivity contribution in [1.82, 2.24) is 9.63 Å². The zero-order chi connectivity index (χ0) is 45.9. The third kappa shape index (κ3) is 8.14. The highest BCUT2D eigenvalue weighted by atomic mass is 16.7. The van der Waals surface area contributed by atoms with Crippen LogP contribution in [0.1, 0.15) is 94.5 Å². The number of rotatable bonds is 13. The van der Waals surface area contributed by atoms with Gasteiger partial charge in [-0.3, -0.25) is 19.3 Å². The van der Waals surface area contributed by atoms with Gasteiger partial charge in [0, 0.05) is 61.4 Å². The number of carbonyl (C=O) groups excluding carboxylic acids is 4. The smallest absolute Gasteiger partial charge is 0.358 e. The Bertz CT molecular complexity index is 2350. The van der Waals surface area contributed by atoms with Gasteiger partial charge in [0.25, 0.3) is 0 Å². The number of nitrogens with zero attached hydrogens (tertiary/aromatic N) is 2. The van der Waals surface area contributed by atoms with E-state index in [9.17, 15) is 44.7 Å². The van der Waals surface area contributed by atoms with Crippen molar-refractivity contribution >= 4 is 23.3 Å². The number of methoxy groups -OCH3 is 2. The van der Waals surface area contributed by atoms with Crippen LogP contribution < -0.4 is 9.57 Å². The summed E-state index contributed by atoms with van der Waals surface area (Å²) in [5.74, 6) is -5.32. The number of ketones is 3. The quantitative estimate of drug-likeness (QED) is 0.120. The summed E-state index contributed by atoms with van der Waals surface area (Å²) in [5.41, 5.74) is -3.38. The molecule has 0 spiro atoms. The van der Waals surface area contributed by atoms with Gasteiger partial charge in [-0.15, -0.1) is 4.73 Å². The molecule has 0 radical (unpaired) electrons. The molecule has 5 N–H and O–H groups in total. The van der Waals surface area contributed by atoms with Gasteiger partial charge < -0.3 is 68.3 Å². The molecule has 3 aliphatic heterocycles. The third-order valence-electron chi connectivity index (χ3n) is 13.4. The normalized spacial score (nSPS) is 30.7. The molecule has 2 aromatic carbocycles. The zero-order valence-corrected chi connectivity index (χ0v) is 36.0. The summed E-state index contributed by atoms with van der Waals surface area (Å²) >= 11 is 0. The van der Waals surface area contributed by atoms with Crippen molar-refractivity contribution in [3.63, 3.8) is 0 Å². The van der Waals surface area contributed by atoms with Crippen LogP contribution in [0.4, 0.5) is 0 Å². The van der Waals surface area contributed by atoms with E-state index in [1.54, 1.807) is 7.11 Å². The van der Waals surface area contributed by atoms with E-state index in [-0.39, 0.29) is 52.7 Å². The Hall–Kier alpha value is -5.16. The topological polar surface area (TPSA) is 261 Å². The number of benzene rings is 2. The predicted octanol–water partition coefficient (Wildman–Crippen LogP) is 2.18. The van der Waals surface area contributed by atoms with Crippen LogP contribution in [0.2, 0.25) is 0 Å². The molecule has 0 bridgehead atoms. The molecule has 1 aromatic heterocycles. The highest BCUT2D eigenvalue weighted by Gasteiger charge is 2.55. The van der Waals surface area contributed by atoms with Gasteiger partial charge in [0.15, 0.2) is 30.4 Å². The van der Waals surface area contributed by atoms with E-state index in [0.29, 0.717) is 50.0 Å². The van der Waals surface area contributed by atoms with Crippen molar-refractivity contribution in [1.29, 1.82) is 0 Å². The van der Waals surface area contributed by atoms with Crippen LogP contribution in [-0.2, 0) is 49.2 Å². The lowest BCUT2D eigenvalue weighted by atomic mass is 9.71. The van der Waals surface area contributed by atoms with E-state index in [1.807, 2.05) is 6.92 Å². The summed E-state index contributed by atoms with van der Waals surface area (Å²) in [6.07, 6.45) is -2.81. The first kappa shape index (κ1) is 45.0. The molecule has 350 valence electrons. The van der Waals surface area contributed by atoms with Crippen molar-refractivity contribution in [3.8, 4) is 29.0 Å². The number of carbonyl (C=O) groups is 4. The molecule has 0 amide bonds. The molecule has 3 saturated heterocycles. The number of aromatic nitrogens is 1. The lowest BCUT2D eigenvalue weighted by Crippen LogP contribution is -2.54. The summed E-state index contributed by atoms with van der Waals surface area (Å²) in [6, 6.07) is 6.63. The zero-order valence-electron chi connectivity index (χ0n) is 36.0. The lowest BCUT2D eigenvalue weighted by molar-refractivity contribution is -0.245. The van der Waals surface area contributed by atoms with E-state index in [4.69, 9.17) is 42.7 Å². The molecule has 2 unspecified atom stereocenters. The van der Waals surface area contributed by atoms with Gasteiger partial charge in [-0.05, 0) is 44.1 Å². The van der Waals surface area contributed by atoms with Gasteiger partial charge >= 0.3 is 5.97 Å². The maximum atomic E-state index is 14.2. The average Bonchev–Trinajstić information content (AvgIpc) is 3.83. The number of phenols is 2. The number of ether oxygens (including phenoxy) is 8. The maximum Gasteiger partial charge on any atom is 0.358 e. The third-order valence-corrected chi connectivity index (χ3v) is 13.4. The minimum atomic E-state index is -2.25. The number of morpholine rings is 1. The van der Waals surface area contributed by atoms with Crippen molar-refractivity contribution in [3.05, 3.63) is 63.7 Å². The fourth-order valence-electron chi connectivity index (χ4n) is 10.4. The van der Waals surface area contributed by atoms with Crippen molar-refractivity contribution in [2.45, 2.75) is 107 Å². The van der Waals surface area contributed by atoms with Crippen LogP contribution in [0.15, 0.2) is 30.3 Å². The predicted molar refractivity (Wildman–Crippen MR) is 218 cm³/mol. The highest BCUT2D eigenvalue weighted by molar-refractivity contribution is 6.31. The first-order valence-electron chi connectivity index (χ1n) is 21.7. The number of fused-ring (bicyclic) bond motifs is 6. The second-order valence-electron chi connectivity index (χ2n) is 17.4. The van der Waals surface area contributed by atoms with Crippen LogP contribution in [-0.4, -0.2) is 154 Å². The van der Waals surface area contributed by atoms with Crippen molar-refractivity contribution in [2.24, 2.45) is 5.92 Å². The van der Waals surface area contributed by atoms with Crippen LogP contribution in [0.3, 0.4) is 0 Å². The van der Waals surface area contributed by atoms with E-state index in [2.05, 4.69) is 4.90 Å². The standard InChI is InChI=1S/C45H52N2O18/c1-21-14-23(15-26-42(21)64-43-44(58-3)60-13-12-46(26)43)62-28-17-45(56,16-25-35(28)41(55)37-36(39(25)53)38(52)24-7-5-8-27(57-2)34(24)40(37)54)29(48)19-61-33-9-4-6-22(63-33)18-59-20-32(51)65-47-30(49)10-11-31(47)50/h5,7-8,10-11,21-23,26,28,33,42-44,49-50,53,55-56H,4,6,9,12-20H2,1-3H3/t21-,22?,23-,26+,28+,33?,42-,43-,44+,45+/m1/s1. The van der Waals surface area contributed by atoms with Crippen molar-refractivity contribution in [2.75, 3.05) is 47.2 Å². The molecule has 65 heavy (non-hydrogen) atoms. The molecule has 20 nitrogen and oxygen atoms in total. The summed E-state index contributed by atoms with van der Waals surface area (Å²) in [4.78, 5) is 61.9. The Morgan fingerprint density at radius 3 is 2.45 bits per heavy atom. The molecule has 9 rings (SSSR count). The Labute approximate surface area is 372 Å². The number of aromatic hydroxyl groups is 4. The SMILES string of the molecule is COc1cccc2c1C(=O)c1c(O)c3c(c(O)c1C2=O)C[C@@](O)(C(=O)COC1CCCC(COCC(=O)On2c(O)ccc2O)O1)C[C@@H]3O[C@@H]1C[C@@H](C)[C@H]2O[C@@H]3[C@@H](OC)OCCN3[C@H]2C1. The molecule has 3 aliphatic carbocycles. The van der Waals surface area contributed by atoms with Crippen LogP contribution in [0.25, 0.3) is 0 Å². The number of aliphatic hydroxyl groups is 1. The van der Waals surface area contributed by atoms with Crippen LogP contribution in [0, 0.1) is 5.92 Å². The van der Waals surface area contributed by atoms with Crippen LogP contribution in [0.5, 0.6) is 29.0 Å². The summed E-state index contributed by atoms with van der Waals surface area (Å²) in [5, 5.41) is 56.0. The molecule has 1 saturated carbocycles. The van der Waals surface area contributed by atoms with Gasteiger partial charge in [-0.2, -0.15) is 0 Å². The molecular formula is C45H52N2O18. The van der Waals surface area contributed by atoms with E-state index in [1.165, 1.54) is 25.3 Å². The van der Waals surface area contributed by atoms with E-state index in [0.717, 1.165) is 12.1 Å². The van der Waals surface area contributed by atoms with Gasteiger partial charge in [0.2, 0.25) is 17.5 Å². The molecule has 6 aliphatic rings. The molecule has 20 heteroatoms. The average molecular weight is 909 g/mol. The summed E-state index contributed by atoms with van der Waals surface area (Å²) in [7, 11) is 2.91. The minimum Gasteiger partial charge on any atom is -0.507 e. The van der Waals surface area contributed by atoms with Crippen LogP contribution >= 0.6 is 0 Å². The second-order valence-corrected chi connectivity index (χ2v) is 17.4. The largest absolute Gasteiger partial charge is 0.507 e. The molecule has 4 heterocycles. The Morgan fingerprint density at radius 2 is 1.69 bits per heavy atom. The Morgan fingerprint density at radius 1 is 0.923 bits per heavy atom. The number of phenolic OH excluding ortho intramolecular Hbond substituents is 2. The molecule has 10 atom stereocenters. The Balaban J connectivity index is 0.947. The van der Waals surface area contributed by atoms with Gasteiger partial charge in [-0.1, -0.05) is 19.1 Å². The Kier molecular flexibility index (Phi) is 12.4. The first-order chi connectivity index (χ1) is 31.2. The molecule has 4 fully saturated rings. The number of hydrogen-bond donors (Lipinski definition) is 5. The number of hydrogen-bond acceptors (Lipinski definition) is 19. The monoisotopic (exact) mass is 908 g/mol. The maximum absolute atomic E-state index is 14.2. The summed E-state index contributed by atoms with van der Waals surface area (Å²) in [6.45, 7) is 1.85. The highest BCUT2D eigenvalue weighted by Crippen LogP contribution is 2.53. The fourth-order valence-corrected chi connectivity index (χ4v) is 10.4. The van der Waals surface area contributed by atoms with Gasteiger partial charge in [0.1, 0.15) is 36.1 Å². The lowest BCUT2D eigenvalue weighted by Gasteiger charge is -2.43. The van der Waals surface area contributed by atoms with Gasteiger partial charge in [0.05, 0.1) is 61.4 Å². The summed E-state index contributed by atoms with van der Waals surface area (Å²) < 4.78 is 48.0. The minimum absolute atomic E-state index is 0.00964. The number of Topliss-reactive ketones (excluding diaryl/α,β-unsaturated/α-hetero) is 1. The van der Waals surface area contributed by atoms with Gasteiger partial charge in [-0.25, -0.2) is 4.79 Å². The fraction of sp³-hybridized carbons (Fsp3) is 0.556. The van der Waals surface area contributed by atoms with Crippen molar-refractivity contribution < 1.29 is 87.4 Å². The molecular weight excluding hydrogens is 856 g/mol. The van der Waals surface area contributed by atoms with E-state index < -0.39 is 126 Å². The molecule has 3 aromatic rings.